The van der Waals surface area contributed by atoms with Crippen LogP contribution >= 0.6 is 35.3 Å². The number of hydrogen-bond donors (Lipinski definition) is 3. The fraction of sp³-hybridized carbons (Fsp3) is 0.722. The van der Waals surface area contributed by atoms with Crippen LogP contribution in [0, 0.1) is 19.8 Å². The number of nitrogens with zero attached hydrogens (tertiary/aromatic N) is 2. The third-order valence-corrected chi connectivity index (χ3v) is 5.65. The van der Waals surface area contributed by atoms with Gasteiger partial charge in [0.15, 0.2) is 5.96 Å². The lowest BCUT2D eigenvalue weighted by atomic mass is 9.87. The van der Waals surface area contributed by atoms with Crippen molar-refractivity contribution < 1.29 is 4.79 Å². The summed E-state index contributed by atoms with van der Waals surface area (Å²) in [6.45, 7) is 6.04. The van der Waals surface area contributed by atoms with Crippen LogP contribution in [-0.2, 0) is 11.3 Å². The number of carbonyl (C=O) groups excluding carboxylic acids is 1. The van der Waals surface area contributed by atoms with Gasteiger partial charge in [0.25, 0.3) is 0 Å². The molecular weight excluding hydrogens is 461 g/mol. The van der Waals surface area contributed by atoms with Gasteiger partial charge in [-0.3, -0.25) is 9.79 Å². The summed E-state index contributed by atoms with van der Waals surface area (Å²) >= 11 is 1.70. The highest BCUT2D eigenvalue weighted by molar-refractivity contribution is 14.0. The Hall–Kier alpha value is -0.900. The first-order valence-corrected chi connectivity index (χ1v) is 10.0. The molecule has 1 aromatic heterocycles. The maximum Gasteiger partial charge on any atom is 0.220 e. The summed E-state index contributed by atoms with van der Waals surface area (Å²) in [7, 11) is 1.75. The van der Waals surface area contributed by atoms with E-state index in [4.69, 9.17) is 0 Å². The molecule has 1 amide bonds. The molecule has 1 aliphatic rings. The molecule has 148 valence electrons. The van der Waals surface area contributed by atoms with Crippen LogP contribution in [0.1, 0.15) is 54.1 Å². The first kappa shape index (κ1) is 23.1. The maximum atomic E-state index is 12.0. The second-order valence-electron chi connectivity index (χ2n) is 6.65. The van der Waals surface area contributed by atoms with E-state index in [2.05, 4.69) is 25.9 Å². The second kappa shape index (κ2) is 12.5. The summed E-state index contributed by atoms with van der Waals surface area (Å²) in [6, 6.07) is 0. The molecule has 0 unspecified atom stereocenters. The Morgan fingerprint density at radius 1 is 1.15 bits per heavy atom. The summed E-state index contributed by atoms with van der Waals surface area (Å²) in [5.41, 5.74) is 1.07. The van der Waals surface area contributed by atoms with Gasteiger partial charge < -0.3 is 16.0 Å². The third-order valence-electron chi connectivity index (χ3n) is 4.58. The van der Waals surface area contributed by atoms with Crippen LogP contribution in [0.3, 0.4) is 0 Å². The van der Waals surface area contributed by atoms with Gasteiger partial charge >= 0.3 is 0 Å². The van der Waals surface area contributed by atoms with Gasteiger partial charge in [0.1, 0.15) is 0 Å². The average molecular weight is 493 g/mol. The van der Waals surface area contributed by atoms with Crippen molar-refractivity contribution >= 4 is 47.2 Å². The fourth-order valence-corrected chi connectivity index (χ4v) is 4.11. The molecule has 0 bridgehead atoms. The normalized spacial score (nSPS) is 15.3. The van der Waals surface area contributed by atoms with Crippen molar-refractivity contribution in [2.45, 2.75) is 58.9 Å². The summed E-state index contributed by atoms with van der Waals surface area (Å²) in [4.78, 5) is 21.9. The van der Waals surface area contributed by atoms with Crippen LogP contribution in [-0.4, -0.2) is 37.0 Å². The van der Waals surface area contributed by atoms with Gasteiger partial charge in [0.2, 0.25) is 5.91 Å². The van der Waals surface area contributed by atoms with Crippen molar-refractivity contribution in [3.63, 3.8) is 0 Å². The number of nitrogens with one attached hydrogen (secondary N) is 3. The highest BCUT2D eigenvalue weighted by Gasteiger charge is 2.16. The summed E-state index contributed by atoms with van der Waals surface area (Å²) in [5, 5.41) is 10.6. The molecule has 3 N–H and O–H groups in total. The second-order valence-corrected chi connectivity index (χ2v) is 7.94. The lowest BCUT2D eigenvalue weighted by Gasteiger charge is -2.20. The van der Waals surface area contributed by atoms with Crippen LogP contribution in [0.5, 0.6) is 0 Å². The molecule has 26 heavy (non-hydrogen) atoms. The van der Waals surface area contributed by atoms with Crippen molar-refractivity contribution in [1.82, 2.24) is 20.9 Å². The molecule has 0 aromatic carbocycles. The Labute approximate surface area is 178 Å². The van der Waals surface area contributed by atoms with Gasteiger partial charge in [0.05, 0.1) is 17.2 Å². The van der Waals surface area contributed by atoms with Crippen LogP contribution in [0.2, 0.25) is 0 Å². The standard InChI is InChI=1S/C18H31N5OS.HI/c1-13-16(25-14(2)23-13)12-22-18(19-3)21-10-9-20-17(24)11-15-7-5-4-6-8-15;/h15H,4-12H2,1-3H3,(H,20,24)(H2,19,21,22);1H. The highest BCUT2D eigenvalue weighted by Crippen LogP contribution is 2.25. The molecule has 1 fully saturated rings. The topological polar surface area (TPSA) is 78.4 Å². The molecule has 0 saturated heterocycles. The zero-order chi connectivity index (χ0) is 18.1. The Morgan fingerprint density at radius 3 is 2.46 bits per heavy atom. The van der Waals surface area contributed by atoms with Gasteiger partial charge in [-0.15, -0.1) is 35.3 Å². The number of aliphatic imine (C=N–C) groups is 1. The molecule has 1 heterocycles. The van der Waals surface area contributed by atoms with Crippen molar-refractivity contribution in [3.05, 3.63) is 15.6 Å². The van der Waals surface area contributed by atoms with E-state index in [1.807, 2.05) is 13.8 Å². The SMILES string of the molecule is CN=C(NCCNC(=O)CC1CCCCC1)NCc1sc(C)nc1C.I. The Morgan fingerprint density at radius 2 is 1.85 bits per heavy atom. The summed E-state index contributed by atoms with van der Waals surface area (Å²) in [5.74, 6) is 1.50. The van der Waals surface area contributed by atoms with Crippen molar-refractivity contribution in [3.8, 4) is 0 Å². The van der Waals surface area contributed by atoms with Gasteiger partial charge in [-0.05, 0) is 32.6 Å². The maximum absolute atomic E-state index is 12.0. The molecule has 1 saturated carbocycles. The van der Waals surface area contributed by atoms with E-state index in [9.17, 15) is 4.79 Å². The van der Waals surface area contributed by atoms with Crippen LogP contribution in [0.15, 0.2) is 4.99 Å². The molecule has 0 radical (unpaired) electrons. The van der Waals surface area contributed by atoms with Gasteiger partial charge in [-0.25, -0.2) is 4.98 Å². The molecule has 6 nitrogen and oxygen atoms in total. The quantitative estimate of drug-likeness (QED) is 0.236. The summed E-state index contributed by atoms with van der Waals surface area (Å²) < 4.78 is 0. The van der Waals surface area contributed by atoms with Crippen LogP contribution < -0.4 is 16.0 Å². The first-order chi connectivity index (χ1) is 12.1. The van der Waals surface area contributed by atoms with Crippen molar-refractivity contribution in [2.24, 2.45) is 10.9 Å². The molecular formula is C18H32IN5OS. The number of halogens is 1. The minimum atomic E-state index is 0. The lowest BCUT2D eigenvalue weighted by Crippen LogP contribution is -2.41. The first-order valence-electron chi connectivity index (χ1n) is 9.22. The van der Waals surface area contributed by atoms with E-state index >= 15 is 0 Å². The van der Waals surface area contributed by atoms with E-state index in [-0.39, 0.29) is 29.9 Å². The molecule has 8 heteroatoms. The number of aromatic nitrogens is 1. The molecule has 2 rings (SSSR count). The zero-order valence-electron chi connectivity index (χ0n) is 16.1. The van der Waals surface area contributed by atoms with E-state index in [0.29, 0.717) is 32.0 Å². The summed E-state index contributed by atoms with van der Waals surface area (Å²) in [6.07, 6.45) is 6.98. The highest BCUT2D eigenvalue weighted by atomic mass is 127. The van der Waals surface area contributed by atoms with Crippen LogP contribution in [0.25, 0.3) is 0 Å². The largest absolute Gasteiger partial charge is 0.355 e. The lowest BCUT2D eigenvalue weighted by molar-refractivity contribution is -0.122. The van der Waals surface area contributed by atoms with Gasteiger partial charge in [0, 0.05) is 31.4 Å². The number of amides is 1. The number of thiazole rings is 1. The van der Waals surface area contributed by atoms with Crippen molar-refractivity contribution in [1.29, 1.82) is 0 Å². The zero-order valence-corrected chi connectivity index (χ0v) is 19.2. The average Bonchev–Trinajstić information content (AvgIpc) is 2.92. The van der Waals surface area contributed by atoms with E-state index < -0.39 is 0 Å². The Bertz CT molecular complexity index is 584. The predicted octanol–water partition coefficient (Wildman–Crippen LogP) is 3.13. The number of hydrogen-bond acceptors (Lipinski definition) is 4. The molecule has 0 spiro atoms. The van der Waals surface area contributed by atoms with Crippen LogP contribution in [0.4, 0.5) is 0 Å². The minimum absolute atomic E-state index is 0. The monoisotopic (exact) mass is 493 g/mol. The van der Waals surface area contributed by atoms with E-state index in [1.54, 1.807) is 18.4 Å². The molecule has 0 aliphatic heterocycles. The third kappa shape index (κ3) is 8.20. The molecule has 1 aromatic rings. The van der Waals surface area contributed by atoms with E-state index in [0.717, 1.165) is 16.7 Å². The Balaban J connectivity index is 0.00000338. The minimum Gasteiger partial charge on any atom is -0.355 e. The molecule has 0 atom stereocenters. The smallest absolute Gasteiger partial charge is 0.220 e. The predicted molar refractivity (Wildman–Crippen MR) is 119 cm³/mol. The fourth-order valence-electron chi connectivity index (χ4n) is 3.23. The Kier molecular flexibility index (Phi) is 11.1. The number of carbonyl (C=O) groups is 1. The van der Waals surface area contributed by atoms with Gasteiger partial charge in [-0.1, -0.05) is 19.3 Å². The van der Waals surface area contributed by atoms with E-state index in [1.165, 1.54) is 37.0 Å². The number of aryl methyl sites for hydroxylation is 2. The number of guanidine groups is 1. The number of rotatable bonds is 7. The molecule has 1 aliphatic carbocycles. The van der Waals surface area contributed by atoms with Gasteiger partial charge in [-0.2, -0.15) is 0 Å². The van der Waals surface area contributed by atoms with Crippen molar-refractivity contribution in [2.75, 3.05) is 20.1 Å².